The second kappa shape index (κ2) is 6.65. The van der Waals surface area contributed by atoms with Crippen molar-refractivity contribution in [3.05, 3.63) is 30.1 Å². The molecule has 1 atom stereocenters. The Morgan fingerprint density at radius 3 is 2.70 bits per heavy atom. The lowest BCUT2D eigenvalue weighted by molar-refractivity contribution is 0.142. The number of nitrogens with one attached hydrogen (secondary N) is 1. The average Bonchev–Trinajstić information content (AvgIpc) is 2.45. The Morgan fingerprint density at radius 2 is 2.15 bits per heavy atom. The Balaban J connectivity index is 1.82. The number of piperidine rings is 1. The molecule has 20 heavy (non-hydrogen) atoms. The van der Waals surface area contributed by atoms with Gasteiger partial charge in [-0.25, -0.2) is 13.1 Å². The van der Waals surface area contributed by atoms with Gasteiger partial charge >= 0.3 is 0 Å². The highest BCUT2D eigenvalue weighted by Crippen LogP contribution is 2.25. The zero-order chi connectivity index (χ0) is 14.6. The van der Waals surface area contributed by atoms with E-state index in [1.54, 1.807) is 6.20 Å². The summed E-state index contributed by atoms with van der Waals surface area (Å²) in [5, 5.41) is 0. The van der Waals surface area contributed by atoms with Crippen LogP contribution in [0.4, 0.5) is 0 Å². The molecule has 0 aliphatic carbocycles. The maximum absolute atomic E-state index is 11.1. The van der Waals surface area contributed by atoms with E-state index < -0.39 is 10.0 Å². The van der Waals surface area contributed by atoms with E-state index in [1.807, 2.05) is 12.3 Å². The van der Waals surface area contributed by atoms with Gasteiger partial charge in [0.05, 0.1) is 6.26 Å². The van der Waals surface area contributed by atoms with Crippen LogP contribution in [0.2, 0.25) is 0 Å². The third kappa shape index (κ3) is 4.54. The molecule has 0 bridgehead atoms. The first-order valence-corrected chi connectivity index (χ1v) is 8.93. The van der Waals surface area contributed by atoms with Crippen molar-refractivity contribution in [2.75, 3.05) is 25.9 Å². The van der Waals surface area contributed by atoms with Crippen LogP contribution < -0.4 is 4.72 Å². The van der Waals surface area contributed by atoms with Gasteiger partial charge in [0.2, 0.25) is 10.0 Å². The topological polar surface area (TPSA) is 62.3 Å². The van der Waals surface area contributed by atoms with E-state index in [-0.39, 0.29) is 0 Å². The van der Waals surface area contributed by atoms with Crippen LogP contribution in [-0.4, -0.2) is 44.2 Å². The highest BCUT2D eigenvalue weighted by Gasteiger charge is 2.24. The Bertz CT molecular complexity index is 510. The molecule has 1 fully saturated rings. The number of hydrogen-bond donors (Lipinski definition) is 1. The Labute approximate surface area is 121 Å². The third-order valence-electron chi connectivity index (χ3n) is 4.00. The van der Waals surface area contributed by atoms with E-state index in [2.05, 4.69) is 27.6 Å². The van der Waals surface area contributed by atoms with Gasteiger partial charge in [0.1, 0.15) is 0 Å². The summed E-state index contributed by atoms with van der Waals surface area (Å²) >= 11 is 0. The normalized spacial score (nSPS) is 19.9. The van der Waals surface area contributed by atoms with Gasteiger partial charge in [0, 0.05) is 25.0 Å². The Kier molecular flexibility index (Phi) is 5.12. The highest BCUT2D eigenvalue weighted by atomic mass is 32.2. The molecule has 2 heterocycles. The molecule has 0 saturated carbocycles. The van der Waals surface area contributed by atoms with Crippen LogP contribution in [0.15, 0.2) is 24.5 Å². The first kappa shape index (κ1) is 15.4. The van der Waals surface area contributed by atoms with E-state index in [9.17, 15) is 8.42 Å². The van der Waals surface area contributed by atoms with E-state index in [4.69, 9.17) is 0 Å². The minimum absolute atomic E-state index is 0.368. The van der Waals surface area contributed by atoms with Crippen molar-refractivity contribution in [1.29, 1.82) is 0 Å². The van der Waals surface area contributed by atoms with Gasteiger partial charge in [-0.2, -0.15) is 0 Å². The minimum atomic E-state index is -3.07. The van der Waals surface area contributed by atoms with E-state index >= 15 is 0 Å². The molecule has 2 rings (SSSR count). The number of rotatable bonds is 5. The van der Waals surface area contributed by atoms with Crippen molar-refractivity contribution in [2.45, 2.75) is 25.8 Å². The average molecular weight is 297 g/mol. The lowest BCUT2D eigenvalue weighted by Crippen LogP contribution is -2.39. The zero-order valence-electron chi connectivity index (χ0n) is 12.1. The van der Waals surface area contributed by atoms with E-state index in [0.717, 1.165) is 25.9 Å². The van der Waals surface area contributed by atoms with Gasteiger partial charge in [-0.1, -0.05) is 6.07 Å². The van der Waals surface area contributed by atoms with Crippen LogP contribution in [0.1, 0.15) is 31.4 Å². The monoisotopic (exact) mass is 297 g/mol. The van der Waals surface area contributed by atoms with Gasteiger partial charge < -0.3 is 0 Å². The molecular formula is C14H23N3O2S. The summed E-state index contributed by atoms with van der Waals surface area (Å²) in [6.45, 7) is 4.78. The summed E-state index contributed by atoms with van der Waals surface area (Å²) in [6.07, 6.45) is 6.99. The largest absolute Gasteiger partial charge is 0.297 e. The maximum atomic E-state index is 11.1. The number of likely N-dealkylation sites (tertiary alicyclic amines) is 1. The number of hydrogen-bond acceptors (Lipinski definition) is 4. The van der Waals surface area contributed by atoms with Crippen LogP contribution in [-0.2, 0) is 10.0 Å². The predicted molar refractivity (Wildman–Crippen MR) is 79.8 cm³/mol. The van der Waals surface area contributed by atoms with E-state index in [1.165, 1.54) is 11.8 Å². The van der Waals surface area contributed by atoms with Gasteiger partial charge in [-0.05, 0) is 50.4 Å². The molecule has 112 valence electrons. The second-order valence-electron chi connectivity index (χ2n) is 5.56. The molecule has 0 amide bonds. The molecule has 1 aromatic heterocycles. The molecular weight excluding hydrogens is 274 g/mol. The molecule has 1 aliphatic heterocycles. The smallest absolute Gasteiger partial charge is 0.208 e. The molecule has 6 heteroatoms. The first-order chi connectivity index (χ1) is 9.46. The van der Waals surface area contributed by atoms with Gasteiger partial charge in [-0.3, -0.25) is 9.88 Å². The third-order valence-corrected chi connectivity index (χ3v) is 4.69. The fraction of sp³-hybridized carbons (Fsp3) is 0.643. The Morgan fingerprint density at radius 1 is 1.45 bits per heavy atom. The summed E-state index contributed by atoms with van der Waals surface area (Å²) < 4.78 is 24.8. The van der Waals surface area contributed by atoms with Crippen molar-refractivity contribution in [3.63, 3.8) is 0 Å². The SMILES string of the molecule is CC(c1cccnc1)N1CCC(CNS(C)(=O)=O)CC1. The molecule has 5 nitrogen and oxygen atoms in total. The van der Waals surface area contributed by atoms with E-state index in [0.29, 0.717) is 18.5 Å². The summed E-state index contributed by atoms with van der Waals surface area (Å²) in [5.41, 5.74) is 1.24. The number of pyridine rings is 1. The van der Waals surface area contributed by atoms with Crippen molar-refractivity contribution >= 4 is 10.0 Å². The maximum Gasteiger partial charge on any atom is 0.208 e. The summed E-state index contributed by atoms with van der Waals surface area (Å²) in [7, 11) is -3.07. The minimum Gasteiger partial charge on any atom is -0.297 e. The van der Waals surface area contributed by atoms with Crippen molar-refractivity contribution in [2.24, 2.45) is 5.92 Å². The highest BCUT2D eigenvalue weighted by molar-refractivity contribution is 7.88. The quantitative estimate of drug-likeness (QED) is 0.892. The molecule has 1 aliphatic rings. The van der Waals surface area contributed by atoms with Gasteiger partial charge in [0.15, 0.2) is 0 Å². The molecule has 1 aromatic rings. The lowest BCUT2D eigenvalue weighted by atomic mass is 9.95. The van der Waals surface area contributed by atoms with Crippen molar-refractivity contribution in [3.8, 4) is 0 Å². The molecule has 1 saturated heterocycles. The standard InChI is InChI=1S/C14H23N3O2S/c1-12(14-4-3-7-15-11-14)17-8-5-13(6-9-17)10-16-20(2,18)19/h3-4,7,11-13,16H,5-6,8-10H2,1-2H3. The summed E-state index contributed by atoms with van der Waals surface area (Å²) in [5.74, 6) is 0.446. The molecule has 0 aromatic carbocycles. The zero-order valence-corrected chi connectivity index (χ0v) is 12.9. The molecule has 1 unspecified atom stereocenters. The van der Waals surface area contributed by atoms with Gasteiger partial charge in [0.25, 0.3) is 0 Å². The lowest BCUT2D eigenvalue weighted by Gasteiger charge is -2.36. The fourth-order valence-electron chi connectivity index (χ4n) is 2.65. The van der Waals surface area contributed by atoms with Crippen LogP contribution in [0.5, 0.6) is 0 Å². The number of aromatic nitrogens is 1. The van der Waals surface area contributed by atoms with Crippen LogP contribution in [0.3, 0.4) is 0 Å². The molecule has 1 N–H and O–H groups in total. The van der Waals surface area contributed by atoms with Crippen LogP contribution in [0.25, 0.3) is 0 Å². The Hall–Kier alpha value is -0.980. The first-order valence-electron chi connectivity index (χ1n) is 7.04. The van der Waals surface area contributed by atoms with Crippen LogP contribution in [0, 0.1) is 5.92 Å². The van der Waals surface area contributed by atoms with Crippen molar-refractivity contribution < 1.29 is 8.42 Å². The second-order valence-corrected chi connectivity index (χ2v) is 7.40. The molecule has 0 radical (unpaired) electrons. The number of sulfonamides is 1. The predicted octanol–water partition coefficient (Wildman–Crippen LogP) is 1.40. The summed E-state index contributed by atoms with van der Waals surface area (Å²) in [6, 6.07) is 4.44. The van der Waals surface area contributed by atoms with Crippen molar-refractivity contribution in [1.82, 2.24) is 14.6 Å². The van der Waals surface area contributed by atoms with Gasteiger partial charge in [-0.15, -0.1) is 0 Å². The summed E-state index contributed by atoms with van der Waals surface area (Å²) in [4.78, 5) is 6.61. The number of nitrogens with zero attached hydrogens (tertiary/aromatic N) is 2. The fourth-order valence-corrected chi connectivity index (χ4v) is 3.19. The molecule has 0 spiro atoms. The van der Waals surface area contributed by atoms with Crippen LogP contribution >= 0.6 is 0 Å².